The molecule has 31 heavy (non-hydrogen) atoms. The van der Waals surface area contributed by atoms with Crippen molar-refractivity contribution < 1.29 is 14.3 Å². The van der Waals surface area contributed by atoms with Crippen molar-refractivity contribution in [1.29, 1.82) is 0 Å². The zero-order valence-electron chi connectivity index (χ0n) is 17.5. The molecule has 1 saturated heterocycles. The van der Waals surface area contributed by atoms with E-state index in [1.807, 2.05) is 49.4 Å². The molecule has 0 saturated carbocycles. The van der Waals surface area contributed by atoms with Crippen molar-refractivity contribution >= 4 is 78.8 Å². The van der Waals surface area contributed by atoms with Gasteiger partial charge in [0, 0.05) is 11.0 Å². The smallest absolute Gasteiger partial charge is 0.266 e. The summed E-state index contributed by atoms with van der Waals surface area (Å²) in [4.78, 5) is 15.1. The van der Waals surface area contributed by atoms with E-state index < -0.39 is 0 Å². The first-order valence-corrected chi connectivity index (χ1v) is 13.0. The van der Waals surface area contributed by atoms with Crippen LogP contribution in [-0.2, 0) is 11.4 Å². The highest BCUT2D eigenvalue weighted by Crippen LogP contribution is 2.38. The van der Waals surface area contributed by atoms with Crippen molar-refractivity contribution in [3.8, 4) is 11.5 Å². The van der Waals surface area contributed by atoms with E-state index in [1.54, 1.807) is 4.90 Å². The Hall–Kier alpha value is -1.10. The fourth-order valence-corrected chi connectivity index (χ4v) is 5.30. The molecule has 164 valence electrons. The lowest BCUT2D eigenvalue weighted by atomic mass is 10.1. The number of thioether (sulfide) groups is 1. The molecule has 2 aromatic rings. The lowest BCUT2D eigenvalue weighted by Gasteiger charge is -2.16. The molecule has 1 amide bonds. The molecule has 2 aromatic carbocycles. The first-order valence-electron chi connectivity index (χ1n) is 9.87. The molecule has 3 rings (SSSR count). The number of hydrogen-bond acceptors (Lipinski definition) is 5. The summed E-state index contributed by atoms with van der Waals surface area (Å²) in [6, 6.07) is 11.9. The number of carbonyl (C=O) groups excluding carboxylic acids is 1. The Balaban J connectivity index is 1.84. The van der Waals surface area contributed by atoms with Crippen LogP contribution in [0.1, 0.15) is 31.9 Å². The van der Waals surface area contributed by atoms with E-state index in [0.29, 0.717) is 46.4 Å². The molecular formula is C23H23BrINO3S2. The maximum absolute atomic E-state index is 12.8. The maximum atomic E-state index is 12.8. The lowest BCUT2D eigenvalue weighted by Crippen LogP contribution is -2.31. The van der Waals surface area contributed by atoms with Crippen molar-refractivity contribution in [3.05, 3.63) is 60.5 Å². The normalized spacial score (nSPS) is 15.3. The number of halogens is 2. The van der Waals surface area contributed by atoms with E-state index in [-0.39, 0.29) is 5.91 Å². The maximum Gasteiger partial charge on any atom is 0.266 e. The number of amides is 1. The third-order valence-electron chi connectivity index (χ3n) is 4.35. The van der Waals surface area contributed by atoms with Gasteiger partial charge in [0.25, 0.3) is 5.91 Å². The van der Waals surface area contributed by atoms with Gasteiger partial charge in [0.1, 0.15) is 10.9 Å². The highest BCUT2D eigenvalue weighted by atomic mass is 127. The molecule has 0 aliphatic carbocycles. The van der Waals surface area contributed by atoms with Gasteiger partial charge in [-0.15, -0.1) is 0 Å². The number of nitrogens with zero attached hydrogens (tertiary/aromatic N) is 1. The molecule has 1 fully saturated rings. The van der Waals surface area contributed by atoms with Gasteiger partial charge in [-0.2, -0.15) is 0 Å². The molecule has 1 aliphatic heterocycles. The number of rotatable bonds is 8. The first-order chi connectivity index (χ1) is 14.8. The molecule has 0 radical (unpaired) electrons. The van der Waals surface area contributed by atoms with Gasteiger partial charge in [0.05, 0.1) is 15.1 Å². The van der Waals surface area contributed by atoms with Crippen molar-refractivity contribution in [2.45, 2.75) is 27.4 Å². The molecule has 1 aliphatic rings. The highest BCUT2D eigenvalue weighted by molar-refractivity contribution is 14.1. The van der Waals surface area contributed by atoms with Gasteiger partial charge in [-0.3, -0.25) is 9.69 Å². The minimum absolute atomic E-state index is 0.0350. The Bertz CT molecular complexity index is 1010. The van der Waals surface area contributed by atoms with E-state index in [9.17, 15) is 4.79 Å². The second-order valence-corrected chi connectivity index (χ2v) is 11.1. The molecule has 8 heteroatoms. The van der Waals surface area contributed by atoms with Crippen LogP contribution in [-0.4, -0.2) is 28.3 Å². The summed E-state index contributed by atoms with van der Waals surface area (Å²) >= 11 is 12.5. The van der Waals surface area contributed by atoms with Gasteiger partial charge in [-0.05, 0) is 76.9 Å². The Morgan fingerprint density at radius 2 is 1.94 bits per heavy atom. The van der Waals surface area contributed by atoms with E-state index in [1.165, 1.54) is 11.8 Å². The highest BCUT2D eigenvalue weighted by Gasteiger charge is 2.32. The summed E-state index contributed by atoms with van der Waals surface area (Å²) in [5, 5.41) is 0. The molecule has 0 spiro atoms. The van der Waals surface area contributed by atoms with Gasteiger partial charge in [-0.1, -0.05) is 65.9 Å². The van der Waals surface area contributed by atoms with Crippen LogP contribution in [0.5, 0.6) is 11.5 Å². The van der Waals surface area contributed by atoms with Crippen LogP contribution in [0.4, 0.5) is 0 Å². The molecule has 0 unspecified atom stereocenters. The molecule has 0 bridgehead atoms. The van der Waals surface area contributed by atoms with Crippen LogP contribution in [0.25, 0.3) is 6.08 Å². The summed E-state index contributed by atoms with van der Waals surface area (Å²) in [6.45, 7) is 7.68. The number of ether oxygens (including phenoxy) is 2. The first kappa shape index (κ1) is 24.5. The van der Waals surface area contributed by atoms with Crippen LogP contribution in [0.2, 0.25) is 0 Å². The molecule has 0 N–H and O–H groups in total. The SMILES string of the molecule is CCOc1cc(/C=C2\SC(=S)N(CC(C)C)C2=O)cc(I)c1OCc1ccc(Br)cc1. The zero-order chi connectivity index (χ0) is 22.5. The number of benzene rings is 2. The topological polar surface area (TPSA) is 38.8 Å². The Kier molecular flexibility index (Phi) is 8.83. The largest absolute Gasteiger partial charge is 0.490 e. The Morgan fingerprint density at radius 1 is 1.23 bits per heavy atom. The van der Waals surface area contributed by atoms with Crippen molar-refractivity contribution in [3.63, 3.8) is 0 Å². The summed E-state index contributed by atoms with van der Waals surface area (Å²) in [6.07, 6.45) is 1.88. The van der Waals surface area contributed by atoms with Gasteiger partial charge in [-0.25, -0.2) is 0 Å². The van der Waals surface area contributed by atoms with Gasteiger partial charge < -0.3 is 9.47 Å². The summed E-state index contributed by atoms with van der Waals surface area (Å²) in [5.74, 6) is 1.69. The summed E-state index contributed by atoms with van der Waals surface area (Å²) < 4.78 is 14.5. The minimum atomic E-state index is -0.0350. The third-order valence-corrected chi connectivity index (χ3v) is 7.05. The number of thiocarbonyl (C=S) groups is 1. The fourth-order valence-electron chi connectivity index (χ4n) is 2.98. The molecule has 0 atom stereocenters. The van der Waals surface area contributed by atoms with E-state index >= 15 is 0 Å². The standard InChI is InChI=1S/C23H23BrINO3S2/c1-4-28-19-10-16(11-20-22(27)26(12-14(2)3)23(30)31-20)9-18(25)21(19)29-13-15-5-7-17(24)8-6-15/h5-11,14H,4,12-13H2,1-3H3/b20-11-. The quantitative estimate of drug-likeness (QED) is 0.180. The van der Waals surface area contributed by atoms with Gasteiger partial charge in [0.15, 0.2) is 11.5 Å². The van der Waals surface area contributed by atoms with Gasteiger partial charge in [0.2, 0.25) is 0 Å². The van der Waals surface area contributed by atoms with Crippen molar-refractivity contribution in [2.75, 3.05) is 13.2 Å². The average molecular weight is 632 g/mol. The molecule has 0 aromatic heterocycles. The van der Waals surface area contributed by atoms with E-state index in [2.05, 4.69) is 52.4 Å². The van der Waals surface area contributed by atoms with Crippen molar-refractivity contribution in [1.82, 2.24) is 4.90 Å². The second kappa shape index (κ2) is 11.2. The Labute approximate surface area is 215 Å². The van der Waals surface area contributed by atoms with Gasteiger partial charge >= 0.3 is 0 Å². The van der Waals surface area contributed by atoms with E-state index in [4.69, 9.17) is 21.7 Å². The Morgan fingerprint density at radius 3 is 2.58 bits per heavy atom. The van der Waals surface area contributed by atoms with Crippen LogP contribution >= 0.6 is 62.5 Å². The predicted molar refractivity (Wildman–Crippen MR) is 144 cm³/mol. The lowest BCUT2D eigenvalue weighted by molar-refractivity contribution is -0.122. The van der Waals surface area contributed by atoms with E-state index in [0.717, 1.165) is 19.2 Å². The third kappa shape index (κ3) is 6.46. The molecule has 1 heterocycles. The zero-order valence-corrected chi connectivity index (χ0v) is 22.9. The molecular weight excluding hydrogens is 609 g/mol. The monoisotopic (exact) mass is 631 g/mol. The average Bonchev–Trinajstić information content (AvgIpc) is 2.96. The fraction of sp³-hybridized carbons (Fsp3) is 0.304. The number of carbonyl (C=O) groups is 1. The minimum Gasteiger partial charge on any atom is -0.490 e. The van der Waals surface area contributed by atoms with Crippen molar-refractivity contribution in [2.24, 2.45) is 5.92 Å². The summed E-state index contributed by atoms with van der Waals surface area (Å²) in [5.41, 5.74) is 1.95. The molecule has 4 nitrogen and oxygen atoms in total. The second-order valence-electron chi connectivity index (χ2n) is 7.36. The van der Waals surface area contributed by atoms with Crippen LogP contribution in [0.15, 0.2) is 45.8 Å². The number of hydrogen-bond donors (Lipinski definition) is 0. The predicted octanol–water partition coefficient (Wildman–Crippen LogP) is 6.89. The van der Waals surface area contributed by atoms with Crippen LogP contribution in [0.3, 0.4) is 0 Å². The van der Waals surface area contributed by atoms with Crippen LogP contribution in [0, 0.1) is 9.49 Å². The summed E-state index contributed by atoms with van der Waals surface area (Å²) in [7, 11) is 0. The van der Waals surface area contributed by atoms with Crippen LogP contribution < -0.4 is 9.47 Å².